The summed E-state index contributed by atoms with van der Waals surface area (Å²) in [6.45, 7) is 2.18. The number of aromatic nitrogens is 1. The predicted molar refractivity (Wildman–Crippen MR) is 91.6 cm³/mol. The van der Waals surface area contributed by atoms with Gasteiger partial charge in [0.05, 0.1) is 0 Å². The fraction of sp³-hybridized carbons (Fsp3) is 0.111. The van der Waals surface area contributed by atoms with Crippen LogP contribution in [0.3, 0.4) is 0 Å². The quantitative estimate of drug-likeness (QED) is 0.695. The second-order valence-electron chi connectivity index (χ2n) is 5.38. The summed E-state index contributed by atoms with van der Waals surface area (Å²) >= 11 is 0. The van der Waals surface area contributed by atoms with Gasteiger partial charge in [-0.25, -0.2) is 4.79 Å². The molecule has 3 rings (SSSR count). The van der Waals surface area contributed by atoms with Gasteiger partial charge in [-0.05, 0) is 48.2 Å². The van der Waals surface area contributed by atoms with Crippen molar-refractivity contribution < 1.29 is 4.79 Å². The number of anilines is 1. The van der Waals surface area contributed by atoms with Crippen molar-refractivity contribution in [2.75, 3.05) is 5.32 Å². The van der Waals surface area contributed by atoms with Gasteiger partial charge in [0.2, 0.25) is 0 Å². The summed E-state index contributed by atoms with van der Waals surface area (Å²) in [7, 11) is 0. The number of hydrogen-bond acceptors (Lipinski definition) is 2. The lowest BCUT2D eigenvalue weighted by Gasteiger charge is -2.08. The maximum absolute atomic E-state index is 11.9. The fourth-order valence-electron chi connectivity index (χ4n) is 2.35. The molecule has 5 nitrogen and oxygen atoms in total. The highest BCUT2D eigenvalue weighted by molar-refractivity contribution is 5.89. The molecular formula is C18H17N3O2. The van der Waals surface area contributed by atoms with Crippen LogP contribution in [0.2, 0.25) is 0 Å². The molecule has 2 aromatic carbocycles. The molecule has 0 aliphatic heterocycles. The summed E-state index contributed by atoms with van der Waals surface area (Å²) in [4.78, 5) is 26.3. The van der Waals surface area contributed by atoms with Crippen LogP contribution in [0.4, 0.5) is 10.5 Å². The molecule has 116 valence electrons. The number of H-pyrrole nitrogens is 1. The first-order valence-electron chi connectivity index (χ1n) is 7.34. The Morgan fingerprint density at radius 1 is 1.09 bits per heavy atom. The number of urea groups is 1. The van der Waals surface area contributed by atoms with Gasteiger partial charge in [0.1, 0.15) is 0 Å². The summed E-state index contributed by atoms with van der Waals surface area (Å²) < 4.78 is 0. The number of aryl methyl sites for hydroxylation is 1. The normalized spacial score (nSPS) is 10.5. The number of fused-ring (bicyclic) bond motifs is 1. The summed E-state index contributed by atoms with van der Waals surface area (Å²) in [5, 5.41) is 6.53. The van der Waals surface area contributed by atoms with E-state index in [1.54, 1.807) is 6.92 Å². The lowest BCUT2D eigenvalue weighted by molar-refractivity contribution is 0.251. The highest BCUT2D eigenvalue weighted by Gasteiger charge is 2.03. The Morgan fingerprint density at radius 2 is 1.87 bits per heavy atom. The second kappa shape index (κ2) is 6.36. The molecule has 0 radical (unpaired) electrons. The van der Waals surface area contributed by atoms with Gasteiger partial charge in [0, 0.05) is 23.3 Å². The van der Waals surface area contributed by atoms with Gasteiger partial charge < -0.3 is 15.6 Å². The lowest BCUT2D eigenvalue weighted by Crippen LogP contribution is -2.28. The van der Waals surface area contributed by atoms with Crippen LogP contribution in [0.1, 0.15) is 11.1 Å². The van der Waals surface area contributed by atoms with Crippen molar-refractivity contribution in [1.29, 1.82) is 0 Å². The largest absolute Gasteiger partial charge is 0.334 e. The molecule has 0 spiro atoms. The molecule has 0 atom stereocenters. The zero-order chi connectivity index (χ0) is 16.2. The Morgan fingerprint density at radius 3 is 2.65 bits per heavy atom. The molecule has 3 N–H and O–H groups in total. The minimum Gasteiger partial charge on any atom is -0.334 e. The molecule has 0 aliphatic carbocycles. The van der Waals surface area contributed by atoms with Crippen LogP contribution < -0.4 is 16.2 Å². The summed E-state index contributed by atoms with van der Waals surface area (Å²) in [6.07, 6.45) is 0. The molecule has 1 aromatic heterocycles. The third-order valence-corrected chi connectivity index (χ3v) is 3.58. The smallest absolute Gasteiger partial charge is 0.319 e. The number of benzene rings is 2. The first kappa shape index (κ1) is 14.8. The average molecular weight is 307 g/mol. The Hall–Kier alpha value is -3.08. The maximum Gasteiger partial charge on any atom is 0.319 e. The van der Waals surface area contributed by atoms with E-state index in [2.05, 4.69) is 15.6 Å². The van der Waals surface area contributed by atoms with E-state index >= 15 is 0 Å². The van der Waals surface area contributed by atoms with Crippen LogP contribution >= 0.6 is 0 Å². The van der Waals surface area contributed by atoms with Crippen LogP contribution in [-0.2, 0) is 6.54 Å². The van der Waals surface area contributed by atoms with Crippen LogP contribution in [0.25, 0.3) is 10.9 Å². The average Bonchev–Trinajstić information content (AvgIpc) is 2.55. The minimum absolute atomic E-state index is 0.0781. The molecule has 0 saturated carbocycles. The Balaban J connectivity index is 1.68. The fourth-order valence-corrected chi connectivity index (χ4v) is 2.35. The number of para-hydroxylation sites is 1. The number of carbonyl (C=O) groups excluding carboxylic acids is 1. The molecule has 0 saturated heterocycles. The van der Waals surface area contributed by atoms with E-state index in [0.717, 1.165) is 22.2 Å². The van der Waals surface area contributed by atoms with Gasteiger partial charge in [-0.2, -0.15) is 0 Å². The van der Waals surface area contributed by atoms with Gasteiger partial charge >= 0.3 is 6.03 Å². The number of amides is 2. The summed E-state index contributed by atoms with van der Waals surface area (Å²) in [6, 6.07) is 16.6. The van der Waals surface area contributed by atoms with Crippen LogP contribution in [0.5, 0.6) is 0 Å². The molecule has 5 heteroatoms. The molecule has 0 aliphatic rings. The Bertz CT molecular complexity index is 901. The molecule has 0 unspecified atom stereocenters. The third kappa shape index (κ3) is 3.58. The molecule has 3 aromatic rings. The van der Waals surface area contributed by atoms with Crippen LogP contribution in [0, 0.1) is 6.92 Å². The van der Waals surface area contributed by atoms with Crippen molar-refractivity contribution >= 4 is 22.6 Å². The van der Waals surface area contributed by atoms with E-state index in [-0.39, 0.29) is 11.6 Å². The van der Waals surface area contributed by atoms with Crippen molar-refractivity contribution in [2.45, 2.75) is 13.5 Å². The maximum atomic E-state index is 11.9. The Labute approximate surface area is 133 Å². The van der Waals surface area contributed by atoms with E-state index in [9.17, 15) is 9.59 Å². The Kier molecular flexibility index (Phi) is 4.10. The standard InChI is InChI=1S/C18H17N3O2/c1-12-9-14-10-13(7-8-16(14)21-17(12)22)11-19-18(23)20-15-5-3-2-4-6-15/h2-10H,11H2,1H3,(H,21,22)(H2,19,20,23). The van der Waals surface area contributed by atoms with Gasteiger partial charge in [-0.1, -0.05) is 24.3 Å². The molecule has 2 amide bonds. The molecule has 0 fully saturated rings. The summed E-state index contributed by atoms with van der Waals surface area (Å²) in [5.74, 6) is 0. The first-order chi connectivity index (χ1) is 11.1. The van der Waals surface area contributed by atoms with E-state index in [1.807, 2.05) is 54.6 Å². The molecule has 23 heavy (non-hydrogen) atoms. The van der Waals surface area contributed by atoms with Gasteiger partial charge in [0.15, 0.2) is 0 Å². The van der Waals surface area contributed by atoms with Crippen molar-refractivity contribution in [3.05, 3.63) is 76.1 Å². The zero-order valence-electron chi connectivity index (χ0n) is 12.7. The number of aromatic amines is 1. The van der Waals surface area contributed by atoms with Gasteiger partial charge in [0.25, 0.3) is 5.56 Å². The van der Waals surface area contributed by atoms with Gasteiger partial charge in [-0.3, -0.25) is 4.79 Å². The van der Waals surface area contributed by atoms with E-state index in [1.165, 1.54) is 0 Å². The zero-order valence-corrected chi connectivity index (χ0v) is 12.7. The van der Waals surface area contributed by atoms with E-state index in [0.29, 0.717) is 12.1 Å². The van der Waals surface area contributed by atoms with Crippen LogP contribution in [-0.4, -0.2) is 11.0 Å². The molecular weight excluding hydrogens is 290 g/mol. The monoisotopic (exact) mass is 307 g/mol. The van der Waals surface area contributed by atoms with Crippen LogP contribution in [0.15, 0.2) is 59.4 Å². The number of carbonyl (C=O) groups is 1. The third-order valence-electron chi connectivity index (χ3n) is 3.58. The van der Waals surface area contributed by atoms with E-state index < -0.39 is 0 Å². The topological polar surface area (TPSA) is 74.0 Å². The first-order valence-corrected chi connectivity index (χ1v) is 7.34. The van der Waals surface area contributed by atoms with Crippen molar-refractivity contribution in [1.82, 2.24) is 10.3 Å². The molecule has 0 bridgehead atoms. The SMILES string of the molecule is Cc1cc2cc(CNC(=O)Nc3ccccc3)ccc2[nH]c1=O. The number of pyridine rings is 1. The number of nitrogens with one attached hydrogen (secondary N) is 3. The van der Waals surface area contributed by atoms with Gasteiger partial charge in [-0.15, -0.1) is 0 Å². The second-order valence-corrected chi connectivity index (χ2v) is 5.38. The van der Waals surface area contributed by atoms with Crippen molar-refractivity contribution in [3.8, 4) is 0 Å². The summed E-state index contributed by atoms with van der Waals surface area (Å²) in [5.41, 5.74) is 3.09. The van der Waals surface area contributed by atoms with Crippen molar-refractivity contribution in [2.24, 2.45) is 0 Å². The minimum atomic E-state index is -0.256. The van der Waals surface area contributed by atoms with Crippen molar-refractivity contribution in [3.63, 3.8) is 0 Å². The number of rotatable bonds is 3. The molecule has 1 heterocycles. The lowest BCUT2D eigenvalue weighted by atomic mass is 10.1. The number of hydrogen-bond donors (Lipinski definition) is 3. The van der Waals surface area contributed by atoms with E-state index in [4.69, 9.17) is 0 Å². The predicted octanol–water partition coefficient (Wildman–Crippen LogP) is 3.16. The highest BCUT2D eigenvalue weighted by atomic mass is 16.2. The highest BCUT2D eigenvalue weighted by Crippen LogP contribution is 2.13.